The highest BCUT2D eigenvalue weighted by Gasteiger charge is 2.56. The van der Waals surface area contributed by atoms with E-state index in [9.17, 15) is 13.2 Å². The molecule has 0 aromatic rings. The van der Waals surface area contributed by atoms with Crippen molar-refractivity contribution in [2.75, 3.05) is 0 Å². The average molecular weight is 184 g/mol. The Hall–Kier alpha value is 0.00688. The number of halogens is 3. The van der Waals surface area contributed by atoms with Crippen LogP contribution in [0, 0.1) is 0 Å². The summed E-state index contributed by atoms with van der Waals surface area (Å²) < 4.78 is 39.2. The molecule has 0 aromatic carbocycles. The van der Waals surface area contributed by atoms with Gasteiger partial charge in [-0.15, -0.1) is 0 Å². The fourth-order valence-electron chi connectivity index (χ4n) is 0.892. The quantitative estimate of drug-likeness (QED) is 0.578. The number of hydrogen-bond acceptors (Lipinski definition) is 0. The third-order valence-corrected chi connectivity index (χ3v) is 4.17. The summed E-state index contributed by atoms with van der Waals surface area (Å²) in [4.78, 5) is 0. The Morgan fingerprint density at radius 2 is 1.18 bits per heavy atom. The maximum absolute atomic E-state index is 13.1. The molecular formula is C7H15F3Si. The Labute approximate surface area is 66.8 Å². The Kier molecular flexibility index (Phi) is 2.51. The van der Waals surface area contributed by atoms with Gasteiger partial charge in [0.15, 0.2) is 5.67 Å². The van der Waals surface area contributed by atoms with Gasteiger partial charge in [-0.25, -0.2) is 13.2 Å². The third-order valence-electron chi connectivity index (χ3n) is 1.69. The molecule has 0 unspecified atom stereocenters. The Balaban J connectivity index is 4.75. The van der Waals surface area contributed by atoms with E-state index < -0.39 is 19.3 Å². The van der Waals surface area contributed by atoms with Gasteiger partial charge in [0.2, 0.25) is 0 Å². The summed E-state index contributed by atoms with van der Waals surface area (Å²) >= 11 is 0. The highest BCUT2D eigenvalue weighted by atomic mass is 28.3. The van der Waals surface area contributed by atoms with Gasteiger partial charge in [0.05, 0.1) is 0 Å². The Morgan fingerprint density at radius 1 is 0.909 bits per heavy atom. The maximum atomic E-state index is 13.1. The van der Waals surface area contributed by atoms with Crippen LogP contribution in [0.25, 0.3) is 0 Å². The maximum Gasteiger partial charge on any atom is 0.261 e. The van der Waals surface area contributed by atoms with Crippen LogP contribution in [0.5, 0.6) is 0 Å². The van der Waals surface area contributed by atoms with E-state index in [0.29, 0.717) is 0 Å². The van der Waals surface area contributed by atoms with Crippen molar-refractivity contribution < 1.29 is 13.2 Å². The topological polar surface area (TPSA) is 0 Å². The highest BCUT2D eigenvalue weighted by Crippen LogP contribution is 2.39. The van der Waals surface area contributed by atoms with Crippen LogP contribution in [0.1, 0.15) is 13.8 Å². The molecule has 0 N–H and O–H groups in total. The fraction of sp³-hybridized carbons (Fsp3) is 1.00. The third kappa shape index (κ3) is 1.98. The molecule has 0 atom stereocenters. The zero-order chi connectivity index (χ0) is 9.50. The van der Waals surface area contributed by atoms with E-state index in [2.05, 4.69) is 0 Å². The standard InChI is InChI=1S/C7H15F3Si/c1-6(2,8)7(9,10)11(3,4)5/h1-5H3. The van der Waals surface area contributed by atoms with E-state index in [4.69, 9.17) is 0 Å². The Bertz CT molecular complexity index is 125. The highest BCUT2D eigenvalue weighted by molar-refractivity contribution is 6.78. The van der Waals surface area contributed by atoms with Gasteiger partial charge in [0.1, 0.15) is 8.07 Å². The molecule has 0 aliphatic carbocycles. The van der Waals surface area contributed by atoms with Crippen molar-refractivity contribution in [2.24, 2.45) is 0 Å². The number of hydrogen-bond donors (Lipinski definition) is 0. The van der Waals surface area contributed by atoms with Gasteiger partial charge in [-0.2, -0.15) is 0 Å². The second kappa shape index (κ2) is 2.50. The van der Waals surface area contributed by atoms with Crippen molar-refractivity contribution in [1.82, 2.24) is 0 Å². The first-order valence-electron chi connectivity index (χ1n) is 3.57. The molecule has 11 heavy (non-hydrogen) atoms. The van der Waals surface area contributed by atoms with Gasteiger partial charge in [0, 0.05) is 0 Å². The molecule has 0 spiro atoms. The molecule has 0 fully saturated rings. The van der Waals surface area contributed by atoms with Gasteiger partial charge in [-0.1, -0.05) is 19.6 Å². The Morgan fingerprint density at radius 3 is 1.18 bits per heavy atom. The number of rotatable bonds is 2. The fourth-order valence-corrected chi connectivity index (χ4v) is 2.68. The van der Waals surface area contributed by atoms with Gasteiger partial charge in [-0.3, -0.25) is 0 Å². The van der Waals surface area contributed by atoms with Crippen molar-refractivity contribution >= 4 is 8.07 Å². The van der Waals surface area contributed by atoms with Crippen LogP contribution in [-0.2, 0) is 0 Å². The smallest absolute Gasteiger partial charge is 0.238 e. The minimum Gasteiger partial charge on any atom is -0.238 e. The summed E-state index contributed by atoms with van der Waals surface area (Å²) in [7, 11) is -2.73. The summed E-state index contributed by atoms with van der Waals surface area (Å²) in [6, 6.07) is 0. The van der Waals surface area contributed by atoms with E-state index >= 15 is 0 Å². The average Bonchev–Trinajstić information content (AvgIpc) is 1.58. The molecule has 68 valence electrons. The zero-order valence-corrected chi connectivity index (χ0v) is 8.63. The summed E-state index contributed by atoms with van der Waals surface area (Å²) in [6.07, 6.45) is 0. The molecule has 0 rings (SSSR count). The molecule has 0 aliphatic rings. The molecule has 0 amide bonds. The van der Waals surface area contributed by atoms with E-state index in [1.165, 1.54) is 19.6 Å². The molecule has 0 bridgehead atoms. The molecule has 0 saturated carbocycles. The lowest BCUT2D eigenvalue weighted by molar-refractivity contribution is -0.0588. The van der Waals surface area contributed by atoms with E-state index in [1.807, 2.05) is 0 Å². The summed E-state index contributed by atoms with van der Waals surface area (Å²) in [5, 5.41) is 0. The van der Waals surface area contributed by atoms with Gasteiger partial charge < -0.3 is 0 Å². The van der Waals surface area contributed by atoms with Crippen LogP contribution < -0.4 is 0 Å². The first-order valence-corrected chi connectivity index (χ1v) is 7.07. The second-order valence-corrected chi connectivity index (χ2v) is 9.42. The van der Waals surface area contributed by atoms with Gasteiger partial charge >= 0.3 is 0 Å². The first-order chi connectivity index (χ1) is 4.50. The van der Waals surface area contributed by atoms with Crippen LogP contribution >= 0.6 is 0 Å². The summed E-state index contributed by atoms with van der Waals surface area (Å²) in [5.74, 6) is 0. The largest absolute Gasteiger partial charge is 0.261 e. The molecular weight excluding hydrogens is 169 g/mol. The molecule has 0 saturated heterocycles. The minimum absolute atomic E-state index is 0.936. The van der Waals surface area contributed by atoms with Crippen molar-refractivity contribution in [3.05, 3.63) is 0 Å². The summed E-state index contributed by atoms with van der Waals surface area (Å²) in [5.41, 5.74) is -5.54. The predicted octanol–water partition coefficient (Wildman–Crippen LogP) is 3.25. The first kappa shape index (κ1) is 11.0. The van der Waals surface area contributed by atoms with E-state index in [-0.39, 0.29) is 0 Å². The normalized spacial score (nSPS) is 15.3. The van der Waals surface area contributed by atoms with Crippen LogP contribution in [0.3, 0.4) is 0 Å². The summed E-state index contributed by atoms with van der Waals surface area (Å²) in [6.45, 7) is 6.27. The SMILES string of the molecule is CC(C)(F)C(F)(F)[Si](C)(C)C. The van der Waals surface area contributed by atoms with Crippen LogP contribution in [0.4, 0.5) is 13.2 Å². The van der Waals surface area contributed by atoms with E-state index in [0.717, 1.165) is 13.8 Å². The van der Waals surface area contributed by atoms with Crippen molar-refractivity contribution in [1.29, 1.82) is 0 Å². The monoisotopic (exact) mass is 184 g/mol. The molecule has 4 heteroatoms. The van der Waals surface area contributed by atoms with Crippen molar-refractivity contribution in [3.63, 3.8) is 0 Å². The van der Waals surface area contributed by atoms with E-state index in [1.54, 1.807) is 0 Å². The minimum atomic E-state index is -3.15. The van der Waals surface area contributed by atoms with Gasteiger partial charge in [-0.05, 0) is 13.8 Å². The van der Waals surface area contributed by atoms with Crippen molar-refractivity contribution in [2.45, 2.75) is 44.7 Å². The van der Waals surface area contributed by atoms with Gasteiger partial charge in [0.25, 0.3) is 5.55 Å². The van der Waals surface area contributed by atoms with Crippen LogP contribution in [0.15, 0.2) is 0 Å². The number of alkyl halides is 3. The second-order valence-electron chi connectivity index (χ2n) is 4.30. The lowest BCUT2D eigenvalue weighted by Gasteiger charge is -2.35. The molecule has 0 aliphatic heterocycles. The van der Waals surface area contributed by atoms with Crippen LogP contribution in [-0.4, -0.2) is 19.3 Å². The molecule has 0 radical (unpaired) electrons. The lowest BCUT2D eigenvalue weighted by Crippen LogP contribution is -2.56. The molecule has 0 aromatic heterocycles. The lowest BCUT2D eigenvalue weighted by atomic mass is 10.2. The predicted molar refractivity (Wildman–Crippen MR) is 43.5 cm³/mol. The molecule has 0 heterocycles. The molecule has 0 nitrogen and oxygen atoms in total. The van der Waals surface area contributed by atoms with Crippen LogP contribution in [0.2, 0.25) is 19.6 Å². The van der Waals surface area contributed by atoms with Crippen molar-refractivity contribution in [3.8, 4) is 0 Å². The zero-order valence-electron chi connectivity index (χ0n) is 7.63.